The maximum atomic E-state index is 12.9. The van der Waals surface area contributed by atoms with Crippen LogP contribution in [0.5, 0.6) is 0 Å². The molecule has 2 aromatic carbocycles. The van der Waals surface area contributed by atoms with Crippen molar-refractivity contribution in [3.05, 3.63) is 89.4 Å². The third-order valence-electron chi connectivity index (χ3n) is 3.71. The first-order valence-electron chi connectivity index (χ1n) is 7.67. The van der Waals surface area contributed by atoms with Gasteiger partial charge in [-0.25, -0.2) is 4.39 Å². The average Bonchev–Trinajstić information content (AvgIpc) is 2.61. The van der Waals surface area contributed by atoms with Crippen molar-refractivity contribution in [1.82, 2.24) is 10.3 Å². The zero-order chi connectivity index (χ0) is 16.9. The number of aryl methyl sites for hydroxylation is 1. The molecule has 0 saturated heterocycles. The highest BCUT2D eigenvalue weighted by Gasteiger charge is 2.07. The number of nitrogens with zero attached hydrogens (tertiary/aromatic N) is 1. The fourth-order valence-electron chi connectivity index (χ4n) is 2.39. The Labute approximate surface area is 140 Å². The van der Waals surface area contributed by atoms with Gasteiger partial charge in [0.05, 0.1) is 11.3 Å². The van der Waals surface area contributed by atoms with Gasteiger partial charge in [-0.1, -0.05) is 35.9 Å². The molecule has 3 aromatic rings. The Balaban J connectivity index is 1.66. The van der Waals surface area contributed by atoms with Crippen molar-refractivity contribution in [3.8, 4) is 11.3 Å². The summed E-state index contributed by atoms with van der Waals surface area (Å²) in [6.45, 7) is 2.37. The van der Waals surface area contributed by atoms with Crippen LogP contribution in [0, 0.1) is 12.7 Å². The van der Waals surface area contributed by atoms with Crippen molar-refractivity contribution in [1.29, 1.82) is 0 Å². The predicted octanol–water partition coefficient (Wildman–Crippen LogP) is 4.13. The lowest BCUT2D eigenvalue weighted by atomic mass is 10.1. The van der Waals surface area contributed by atoms with E-state index in [-0.39, 0.29) is 11.7 Å². The van der Waals surface area contributed by atoms with Crippen LogP contribution in [0.2, 0.25) is 0 Å². The van der Waals surface area contributed by atoms with Crippen LogP contribution in [0.15, 0.2) is 66.9 Å². The van der Waals surface area contributed by atoms with Crippen LogP contribution in [0.1, 0.15) is 21.5 Å². The number of benzene rings is 2. The Morgan fingerprint density at radius 1 is 1.08 bits per heavy atom. The number of nitrogens with one attached hydrogen (secondary N) is 1. The van der Waals surface area contributed by atoms with Gasteiger partial charge in [-0.05, 0) is 42.8 Å². The van der Waals surface area contributed by atoms with E-state index in [1.165, 1.54) is 12.1 Å². The zero-order valence-electron chi connectivity index (χ0n) is 13.3. The highest BCUT2D eigenvalue weighted by molar-refractivity contribution is 5.94. The molecule has 1 heterocycles. The number of halogens is 1. The van der Waals surface area contributed by atoms with Crippen LogP contribution in [0.3, 0.4) is 0 Å². The molecule has 0 saturated carbocycles. The van der Waals surface area contributed by atoms with Crippen molar-refractivity contribution >= 4 is 5.91 Å². The molecule has 0 bridgehead atoms. The van der Waals surface area contributed by atoms with Gasteiger partial charge in [0.25, 0.3) is 5.91 Å². The number of aromatic nitrogens is 1. The average molecular weight is 320 g/mol. The minimum Gasteiger partial charge on any atom is -0.348 e. The van der Waals surface area contributed by atoms with Crippen LogP contribution in [0.25, 0.3) is 11.3 Å². The van der Waals surface area contributed by atoms with E-state index in [0.29, 0.717) is 12.1 Å². The molecule has 0 aliphatic rings. The Kier molecular flexibility index (Phi) is 4.66. The fourth-order valence-corrected chi connectivity index (χ4v) is 2.39. The molecular formula is C20H17FN2O. The summed E-state index contributed by atoms with van der Waals surface area (Å²) in [6, 6.07) is 17.7. The van der Waals surface area contributed by atoms with E-state index in [0.717, 1.165) is 22.4 Å². The second-order valence-electron chi connectivity index (χ2n) is 5.61. The van der Waals surface area contributed by atoms with Gasteiger partial charge in [0.2, 0.25) is 0 Å². The molecule has 3 nitrogen and oxygen atoms in total. The van der Waals surface area contributed by atoms with E-state index >= 15 is 0 Å². The van der Waals surface area contributed by atoms with Crippen molar-refractivity contribution < 1.29 is 9.18 Å². The van der Waals surface area contributed by atoms with Crippen molar-refractivity contribution in [3.63, 3.8) is 0 Å². The van der Waals surface area contributed by atoms with Crippen molar-refractivity contribution in [2.24, 2.45) is 0 Å². The Morgan fingerprint density at radius 2 is 1.88 bits per heavy atom. The topological polar surface area (TPSA) is 42.0 Å². The number of pyridine rings is 1. The van der Waals surface area contributed by atoms with Gasteiger partial charge >= 0.3 is 0 Å². The molecule has 0 spiro atoms. The van der Waals surface area contributed by atoms with Crippen LogP contribution in [-0.4, -0.2) is 10.9 Å². The minimum absolute atomic E-state index is 0.206. The van der Waals surface area contributed by atoms with E-state index in [1.807, 2.05) is 31.2 Å². The summed E-state index contributed by atoms with van der Waals surface area (Å²) in [5.74, 6) is -0.497. The fraction of sp³-hybridized carbons (Fsp3) is 0.100. The molecule has 0 aliphatic heterocycles. The minimum atomic E-state index is -0.291. The lowest BCUT2D eigenvalue weighted by molar-refractivity contribution is 0.0950. The Bertz CT molecular complexity index is 842. The number of carbonyl (C=O) groups excluding carboxylic acids is 1. The maximum absolute atomic E-state index is 12.9. The first-order chi connectivity index (χ1) is 11.6. The lowest BCUT2D eigenvalue weighted by Gasteiger charge is -2.07. The second-order valence-corrected chi connectivity index (χ2v) is 5.61. The van der Waals surface area contributed by atoms with Gasteiger partial charge in [-0.15, -0.1) is 0 Å². The van der Waals surface area contributed by atoms with Crippen LogP contribution < -0.4 is 5.32 Å². The zero-order valence-corrected chi connectivity index (χ0v) is 13.3. The van der Waals surface area contributed by atoms with Gasteiger partial charge in [-0.3, -0.25) is 9.78 Å². The van der Waals surface area contributed by atoms with Gasteiger partial charge in [0.15, 0.2) is 0 Å². The highest BCUT2D eigenvalue weighted by Crippen LogP contribution is 2.18. The molecule has 1 aromatic heterocycles. The monoisotopic (exact) mass is 320 g/mol. The van der Waals surface area contributed by atoms with Crippen LogP contribution in [0.4, 0.5) is 4.39 Å². The third-order valence-corrected chi connectivity index (χ3v) is 3.71. The summed E-state index contributed by atoms with van der Waals surface area (Å²) in [5, 5.41) is 2.80. The number of hydrogen-bond donors (Lipinski definition) is 1. The number of rotatable bonds is 4. The molecule has 1 amide bonds. The third kappa shape index (κ3) is 3.84. The normalized spacial score (nSPS) is 10.4. The molecule has 24 heavy (non-hydrogen) atoms. The van der Waals surface area contributed by atoms with E-state index in [1.54, 1.807) is 24.4 Å². The number of carbonyl (C=O) groups is 1. The largest absolute Gasteiger partial charge is 0.348 e. The molecule has 3 rings (SSSR count). The summed E-state index contributed by atoms with van der Waals surface area (Å²) in [7, 11) is 0. The molecule has 0 aliphatic carbocycles. The maximum Gasteiger partial charge on any atom is 0.253 e. The Morgan fingerprint density at radius 3 is 2.54 bits per heavy atom. The number of amides is 1. The quantitative estimate of drug-likeness (QED) is 0.785. The second kappa shape index (κ2) is 7.04. The summed E-state index contributed by atoms with van der Waals surface area (Å²) < 4.78 is 12.9. The highest BCUT2D eigenvalue weighted by atomic mass is 19.1. The smallest absolute Gasteiger partial charge is 0.253 e. The van der Waals surface area contributed by atoms with Crippen molar-refractivity contribution in [2.75, 3.05) is 0 Å². The van der Waals surface area contributed by atoms with Crippen LogP contribution >= 0.6 is 0 Å². The molecule has 0 atom stereocenters. The summed E-state index contributed by atoms with van der Waals surface area (Å²) >= 11 is 0. The van der Waals surface area contributed by atoms with Gasteiger partial charge in [0.1, 0.15) is 5.82 Å². The van der Waals surface area contributed by atoms with Gasteiger partial charge in [0, 0.05) is 18.3 Å². The van der Waals surface area contributed by atoms with Crippen LogP contribution in [-0.2, 0) is 6.54 Å². The Hall–Kier alpha value is -3.01. The molecule has 0 radical (unpaired) electrons. The van der Waals surface area contributed by atoms with E-state index in [2.05, 4.69) is 16.4 Å². The van der Waals surface area contributed by atoms with Crippen molar-refractivity contribution in [2.45, 2.75) is 13.5 Å². The van der Waals surface area contributed by atoms with E-state index < -0.39 is 0 Å². The predicted molar refractivity (Wildman–Crippen MR) is 92.0 cm³/mol. The molecular weight excluding hydrogens is 303 g/mol. The summed E-state index contributed by atoms with van der Waals surface area (Å²) in [5.41, 5.74) is 4.35. The lowest BCUT2D eigenvalue weighted by Crippen LogP contribution is -2.22. The SMILES string of the molecule is Cc1cccc(-c2ccc(C(=O)NCc3ccc(F)cc3)cn2)c1. The van der Waals surface area contributed by atoms with E-state index in [4.69, 9.17) is 0 Å². The molecule has 4 heteroatoms. The molecule has 0 fully saturated rings. The summed E-state index contributed by atoms with van der Waals surface area (Å²) in [4.78, 5) is 16.5. The van der Waals surface area contributed by atoms with Gasteiger partial charge < -0.3 is 5.32 Å². The van der Waals surface area contributed by atoms with Gasteiger partial charge in [-0.2, -0.15) is 0 Å². The van der Waals surface area contributed by atoms with E-state index in [9.17, 15) is 9.18 Å². The molecule has 1 N–H and O–H groups in total. The molecule has 0 unspecified atom stereocenters. The first kappa shape index (κ1) is 15.9. The standard InChI is InChI=1S/C20H17FN2O/c1-14-3-2-4-16(11-14)19-10-7-17(13-22-19)20(24)23-12-15-5-8-18(21)9-6-15/h2-11,13H,12H2,1H3,(H,23,24). The first-order valence-corrected chi connectivity index (χ1v) is 7.67. The number of hydrogen-bond acceptors (Lipinski definition) is 2. The summed E-state index contributed by atoms with van der Waals surface area (Å²) in [6.07, 6.45) is 1.57. The molecule has 120 valence electrons.